The molecule has 212 valence electrons. The van der Waals surface area contributed by atoms with E-state index in [4.69, 9.17) is 26.6 Å². The van der Waals surface area contributed by atoms with Gasteiger partial charge in [0.15, 0.2) is 0 Å². The van der Waals surface area contributed by atoms with Gasteiger partial charge in [-0.1, -0.05) is 13.8 Å². The SMILES string of the molecule is CCO[Si](CC)(OCC)OCC.CCO[Si](CC)(OCC)OCC.N.S.S.S.S.S.S.S. The average molecular weight is 640 g/mol. The molecule has 32 heavy (non-hydrogen) atoms. The Bertz CT molecular complexity index is 239. The molecule has 0 atom stereocenters. The van der Waals surface area contributed by atoms with Gasteiger partial charge < -0.3 is 32.7 Å². The van der Waals surface area contributed by atoms with E-state index in [2.05, 4.69) is 0 Å². The van der Waals surface area contributed by atoms with E-state index in [9.17, 15) is 0 Å². The first-order chi connectivity index (χ1) is 11.5. The fourth-order valence-electron chi connectivity index (χ4n) is 2.18. The molecule has 0 aromatic carbocycles. The Hall–Kier alpha value is 2.60. The molecule has 0 amide bonds. The van der Waals surface area contributed by atoms with E-state index in [1.54, 1.807) is 0 Å². The fourth-order valence-corrected chi connectivity index (χ4v) is 6.55. The zero-order valence-electron chi connectivity index (χ0n) is 21.3. The Morgan fingerprint density at radius 1 is 0.344 bits per heavy atom. The lowest BCUT2D eigenvalue weighted by Crippen LogP contribution is -2.45. The summed E-state index contributed by atoms with van der Waals surface area (Å²) in [5, 5.41) is 0. The molecule has 0 saturated carbocycles. The van der Waals surface area contributed by atoms with Gasteiger partial charge in [-0.05, 0) is 41.5 Å². The standard InChI is InChI=1S/2C8H20O3Si.H3N.7H2S/c2*1-5-9-12(8-4,10-6-2)11-7-3;;;;;;;;/h2*5-8H2,1-4H3;1H3;7*1H2. The predicted molar refractivity (Wildman–Crippen MR) is 180 cm³/mol. The molecule has 3 N–H and O–H groups in total. The number of hydrogen-bond acceptors (Lipinski definition) is 7. The van der Waals surface area contributed by atoms with Crippen LogP contribution in [-0.2, 0) is 26.6 Å². The largest absolute Gasteiger partial charge is 0.500 e. The quantitative estimate of drug-likeness (QED) is 0.266. The van der Waals surface area contributed by atoms with E-state index < -0.39 is 17.6 Å². The first-order valence-corrected chi connectivity index (χ1v) is 13.2. The monoisotopic (exact) mass is 639 g/mol. The van der Waals surface area contributed by atoms with Crippen molar-refractivity contribution in [2.45, 2.75) is 67.5 Å². The van der Waals surface area contributed by atoms with Crippen LogP contribution in [-0.4, -0.2) is 57.3 Å². The summed E-state index contributed by atoms with van der Waals surface area (Å²) in [7, 11) is -4.54. The molecule has 0 aliphatic rings. The minimum Gasteiger partial charge on any atom is -0.374 e. The summed E-state index contributed by atoms with van der Waals surface area (Å²) in [6, 6.07) is 1.70. The Labute approximate surface area is 250 Å². The average Bonchev–Trinajstić information content (AvgIpc) is 2.56. The van der Waals surface area contributed by atoms with Crippen molar-refractivity contribution >= 4 is 112 Å². The molecule has 0 rings (SSSR count). The summed E-state index contributed by atoms with van der Waals surface area (Å²) in [6.07, 6.45) is 0. The van der Waals surface area contributed by atoms with Crippen LogP contribution in [0.15, 0.2) is 0 Å². The molecule has 0 aromatic rings. The van der Waals surface area contributed by atoms with Crippen LogP contribution in [0, 0.1) is 0 Å². The zero-order valence-corrected chi connectivity index (χ0v) is 30.3. The van der Waals surface area contributed by atoms with Crippen LogP contribution >= 0.6 is 94.5 Å². The second-order valence-corrected chi connectivity index (χ2v) is 10.5. The normalized spacial score (nSPS) is 9.00. The van der Waals surface area contributed by atoms with E-state index in [1.165, 1.54) is 0 Å². The maximum atomic E-state index is 5.55. The van der Waals surface area contributed by atoms with E-state index in [0.717, 1.165) is 12.1 Å². The van der Waals surface area contributed by atoms with Gasteiger partial charge in [0.25, 0.3) is 0 Å². The number of hydrogen-bond donors (Lipinski definition) is 1. The number of rotatable bonds is 14. The summed E-state index contributed by atoms with van der Waals surface area (Å²) < 4.78 is 33.3. The summed E-state index contributed by atoms with van der Waals surface area (Å²) in [5.41, 5.74) is 0. The van der Waals surface area contributed by atoms with Crippen LogP contribution in [0.5, 0.6) is 0 Å². The lowest BCUT2D eigenvalue weighted by molar-refractivity contribution is 0.0718. The summed E-state index contributed by atoms with van der Waals surface area (Å²) in [5.74, 6) is 0. The maximum Gasteiger partial charge on any atom is 0.500 e. The molecule has 0 aliphatic heterocycles. The molecule has 0 heterocycles. The minimum atomic E-state index is -2.27. The molecular weight excluding hydrogens is 583 g/mol. The van der Waals surface area contributed by atoms with Crippen molar-refractivity contribution in [3.63, 3.8) is 0 Å². The van der Waals surface area contributed by atoms with Crippen LogP contribution in [0.25, 0.3) is 0 Å². The molecule has 0 unspecified atom stereocenters. The van der Waals surface area contributed by atoms with Crippen molar-refractivity contribution in [1.29, 1.82) is 0 Å². The molecule has 0 radical (unpaired) electrons. The van der Waals surface area contributed by atoms with E-state index >= 15 is 0 Å². The molecule has 16 heteroatoms. The molecular formula is C16H57NO6S7Si2. The van der Waals surface area contributed by atoms with Gasteiger partial charge in [-0.3, -0.25) is 0 Å². The highest BCUT2D eigenvalue weighted by Crippen LogP contribution is 2.15. The predicted octanol–water partition coefficient (Wildman–Crippen LogP) is 5.06. The Kier molecular flexibility index (Phi) is 88.1. The van der Waals surface area contributed by atoms with Gasteiger partial charge in [-0.15, -0.1) is 0 Å². The van der Waals surface area contributed by atoms with E-state index in [0.29, 0.717) is 39.6 Å². The highest BCUT2D eigenvalue weighted by atomic mass is 32.1. The van der Waals surface area contributed by atoms with Gasteiger partial charge in [-0.2, -0.15) is 94.5 Å². The zero-order chi connectivity index (χ0) is 18.9. The third-order valence-corrected chi connectivity index (χ3v) is 9.15. The lowest BCUT2D eigenvalue weighted by Gasteiger charge is -2.26. The van der Waals surface area contributed by atoms with E-state index in [1.807, 2.05) is 55.4 Å². The van der Waals surface area contributed by atoms with Crippen molar-refractivity contribution in [1.82, 2.24) is 6.15 Å². The molecule has 0 spiro atoms. The van der Waals surface area contributed by atoms with Gasteiger partial charge in [0.05, 0.1) is 0 Å². The third kappa shape index (κ3) is 30.6. The van der Waals surface area contributed by atoms with Crippen LogP contribution in [0.4, 0.5) is 0 Å². The Balaban J connectivity index is -0.0000000302. The minimum absolute atomic E-state index is 0. The van der Waals surface area contributed by atoms with Gasteiger partial charge in [0.1, 0.15) is 0 Å². The summed E-state index contributed by atoms with van der Waals surface area (Å²) in [6.45, 7) is 19.9. The second-order valence-electron chi connectivity index (χ2n) is 4.67. The third-order valence-electron chi connectivity index (χ3n) is 3.05. The van der Waals surface area contributed by atoms with Crippen molar-refractivity contribution in [2.75, 3.05) is 39.6 Å². The van der Waals surface area contributed by atoms with Crippen LogP contribution in [0.2, 0.25) is 12.1 Å². The van der Waals surface area contributed by atoms with Crippen LogP contribution < -0.4 is 6.15 Å². The van der Waals surface area contributed by atoms with Gasteiger partial charge in [0.2, 0.25) is 0 Å². The van der Waals surface area contributed by atoms with Crippen molar-refractivity contribution in [3.05, 3.63) is 0 Å². The second kappa shape index (κ2) is 43.7. The first kappa shape index (κ1) is 64.5. The first-order valence-electron chi connectivity index (χ1n) is 9.32. The summed E-state index contributed by atoms with van der Waals surface area (Å²) >= 11 is 0. The Morgan fingerprint density at radius 2 is 0.469 bits per heavy atom. The van der Waals surface area contributed by atoms with Crippen LogP contribution in [0.3, 0.4) is 0 Å². The molecule has 0 aromatic heterocycles. The molecule has 7 nitrogen and oxygen atoms in total. The van der Waals surface area contributed by atoms with Crippen molar-refractivity contribution in [3.8, 4) is 0 Å². The van der Waals surface area contributed by atoms with Gasteiger partial charge in [0, 0.05) is 51.7 Å². The fraction of sp³-hybridized carbons (Fsp3) is 1.00. The smallest absolute Gasteiger partial charge is 0.374 e. The van der Waals surface area contributed by atoms with E-state index in [-0.39, 0.29) is 101 Å². The molecule has 0 bridgehead atoms. The van der Waals surface area contributed by atoms with Crippen molar-refractivity contribution in [2.24, 2.45) is 0 Å². The van der Waals surface area contributed by atoms with Crippen LogP contribution in [0.1, 0.15) is 55.4 Å². The highest BCUT2D eigenvalue weighted by molar-refractivity contribution is 7.60. The molecule has 0 fully saturated rings. The van der Waals surface area contributed by atoms with Gasteiger partial charge in [-0.25, -0.2) is 0 Å². The Morgan fingerprint density at radius 3 is 0.531 bits per heavy atom. The lowest BCUT2D eigenvalue weighted by atomic mass is 10.9. The topological polar surface area (TPSA) is 90.4 Å². The van der Waals surface area contributed by atoms with Gasteiger partial charge >= 0.3 is 17.6 Å². The maximum absolute atomic E-state index is 5.55. The molecule has 0 saturated heterocycles. The summed E-state index contributed by atoms with van der Waals surface area (Å²) in [4.78, 5) is 0. The van der Waals surface area contributed by atoms with Crippen molar-refractivity contribution < 1.29 is 26.6 Å². The highest BCUT2D eigenvalue weighted by Gasteiger charge is 2.38. The molecule has 0 aliphatic carbocycles.